The van der Waals surface area contributed by atoms with Gasteiger partial charge >= 0.3 is 0 Å². The summed E-state index contributed by atoms with van der Waals surface area (Å²) < 4.78 is -1.46. The van der Waals surface area contributed by atoms with Crippen molar-refractivity contribution in [1.29, 1.82) is 0 Å². The Hall–Kier alpha value is 1.09. The predicted octanol–water partition coefficient (Wildman–Crippen LogP) is 5.65. The first-order valence-corrected chi connectivity index (χ1v) is 6.95. The molecule has 0 fully saturated rings. The number of halogens is 4. The summed E-state index contributed by atoms with van der Waals surface area (Å²) in [6.45, 7) is 2.20. The van der Waals surface area contributed by atoms with Gasteiger partial charge in [0.05, 0.1) is 0 Å². The van der Waals surface area contributed by atoms with E-state index in [1.807, 2.05) is 6.08 Å². The van der Waals surface area contributed by atoms with Gasteiger partial charge in [-0.05, 0) is 12.8 Å². The molecule has 0 heterocycles. The maximum absolute atomic E-state index is 5.91. The van der Waals surface area contributed by atoms with Crippen molar-refractivity contribution in [3.63, 3.8) is 0 Å². The first-order chi connectivity index (χ1) is 6.50. The third-order valence-electron chi connectivity index (χ3n) is 1.86. The van der Waals surface area contributed by atoms with E-state index >= 15 is 0 Å². The lowest BCUT2D eigenvalue weighted by atomic mass is 10.1. The van der Waals surface area contributed by atoms with Gasteiger partial charge in [-0.1, -0.05) is 77.5 Å². The summed E-state index contributed by atoms with van der Waals surface area (Å²) in [6, 6.07) is 0. The summed E-state index contributed by atoms with van der Waals surface area (Å²) in [5, 5.41) is 0. The highest BCUT2D eigenvalue weighted by molar-refractivity contribution is 9.10. The van der Waals surface area contributed by atoms with E-state index in [1.54, 1.807) is 6.08 Å². The molecule has 0 N–H and O–H groups in total. The Morgan fingerprint density at radius 2 is 1.93 bits per heavy atom. The highest BCUT2D eigenvalue weighted by atomic mass is 79.9. The molecule has 84 valence electrons. The maximum atomic E-state index is 5.91. The lowest BCUT2D eigenvalue weighted by Gasteiger charge is -2.15. The van der Waals surface area contributed by atoms with Crippen molar-refractivity contribution in [3.05, 3.63) is 12.2 Å². The number of alkyl halides is 4. The zero-order valence-electron chi connectivity index (χ0n) is 8.28. The van der Waals surface area contributed by atoms with Crippen molar-refractivity contribution in [2.75, 3.05) is 0 Å². The molecule has 1 atom stereocenters. The van der Waals surface area contributed by atoms with Crippen LogP contribution in [-0.2, 0) is 0 Å². The van der Waals surface area contributed by atoms with Crippen LogP contribution < -0.4 is 0 Å². The molecular formula is C10H16BrCl3. The molecule has 0 aliphatic heterocycles. The SMILES string of the molecule is CCCCCC/C=C/C(Cl)(Cl)C(Cl)Br. The summed E-state index contributed by atoms with van der Waals surface area (Å²) in [4.78, 5) is 0. The Kier molecular flexibility index (Phi) is 8.91. The fourth-order valence-corrected chi connectivity index (χ4v) is 1.41. The van der Waals surface area contributed by atoms with E-state index < -0.39 is 8.62 Å². The van der Waals surface area contributed by atoms with Crippen LogP contribution in [0.15, 0.2) is 12.2 Å². The molecular weight excluding hydrogens is 306 g/mol. The third kappa shape index (κ3) is 7.39. The van der Waals surface area contributed by atoms with Gasteiger partial charge in [-0.15, -0.1) is 11.6 Å². The number of unbranched alkanes of at least 4 members (excludes halogenated alkanes) is 4. The zero-order chi connectivity index (χ0) is 11.0. The fraction of sp³-hybridized carbons (Fsp3) is 0.800. The Morgan fingerprint density at radius 1 is 1.29 bits per heavy atom. The Morgan fingerprint density at radius 3 is 2.43 bits per heavy atom. The van der Waals surface area contributed by atoms with Crippen molar-refractivity contribution in [3.8, 4) is 0 Å². The van der Waals surface area contributed by atoms with Crippen LogP contribution in [0.2, 0.25) is 0 Å². The molecule has 0 amide bonds. The molecule has 0 aliphatic rings. The first-order valence-electron chi connectivity index (χ1n) is 4.84. The second-order valence-electron chi connectivity index (χ2n) is 3.23. The van der Waals surface area contributed by atoms with E-state index in [0.717, 1.165) is 6.42 Å². The fourth-order valence-electron chi connectivity index (χ4n) is 1.00. The van der Waals surface area contributed by atoms with Crippen molar-refractivity contribution >= 4 is 50.7 Å². The van der Waals surface area contributed by atoms with Gasteiger partial charge in [0.2, 0.25) is 0 Å². The van der Waals surface area contributed by atoms with E-state index in [2.05, 4.69) is 22.9 Å². The zero-order valence-corrected chi connectivity index (χ0v) is 12.1. The van der Waals surface area contributed by atoms with Gasteiger partial charge in [0.15, 0.2) is 4.33 Å². The molecule has 0 spiro atoms. The van der Waals surface area contributed by atoms with Gasteiger partial charge in [0.25, 0.3) is 0 Å². The lowest BCUT2D eigenvalue weighted by molar-refractivity contribution is 0.674. The van der Waals surface area contributed by atoms with E-state index in [1.165, 1.54) is 25.7 Å². The standard InChI is InChI=1S/C10H16BrCl3/c1-2-3-4-5-6-7-8-10(13,14)9(11)12/h7-9H,2-6H2,1H3/b8-7+. The minimum Gasteiger partial charge on any atom is -0.107 e. The molecule has 0 aliphatic carbocycles. The number of hydrogen-bond donors (Lipinski definition) is 0. The monoisotopic (exact) mass is 320 g/mol. The van der Waals surface area contributed by atoms with Crippen molar-refractivity contribution < 1.29 is 0 Å². The van der Waals surface area contributed by atoms with Gasteiger partial charge in [-0.25, -0.2) is 0 Å². The van der Waals surface area contributed by atoms with Crippen LogP contribution in [-0.4, -0.2) is 8.62 Å². The second-order valence-corrected chi connectivity index (χ2v) is 6.55. The van der Waals surface area contributed by atoms with Crippen LogP contribution in [0.3, 0.4) is 0 Å². The first kappa shape index (κ1) is 15.1. The topological polar surface area (TPSA) is 0 Å². The number of allylic oxidation sites excluding steroid dienone is 2. The van der Waals surface area contributed by atoms with E-state index in [0.29, 0.717) is 0 Å². The molecule has 0 saturated carbocycles. The third-order valence-corrected chi connectivity index (χ3v) is 4.36. The molecule has 0 aromatic rings. The summed E-state index contributed by atoms with van der Waals surface area (Å²) in [5.74, 6) is 0. The number of hydrogen-bond acceptors (Lipinski definition) is 0. The maximum Gasteiger partial charge on any atom is 0.162 e. The van der Waals surface area contributed by atoms with Crippen LogP contribution in [0.5, 0.6) is 0 Å². The lowest BCUT2D eigenvalue weighted by Crippen LogP contribution is -2.17. The molecule has 0 aromatic carbocycles. The number of rotatable bonds is 7. The van der Waals surface area contributed by atoms with Gasteiger partial charge in [0, 0.05) is 0 Å². The largest absolute Gasteiger partial charge is 0.162 e. The van der Waals surface area contributed by atoms with Gasteiger partial charge in [0.1, 0.15) is 4.29 Å². The van der Waals surface area contributed by atoms with Gasteiger partial charge < -0.3 is 0 Å². The van der Waals surface area contributed by atoms with Crippen LogP contribution in [0.4, 0.5) is 0 Å². The quantitative estimate of drug-likeness (QED) is 0.323. The molecule has 0 rings (SSSR count). The van der Waals surface area contributed by atoms with Crippen LogP contribution in [0, 0.1) is 0 Å². The second kappa shape index (κ2) is 8.27. The summed E-state index contributed by atoms with van der Waals surface area (Å²) in [6.07, 6.45) is 9.74. The molecule has 0 saturated heterocycles. The summed E-state index contributed by atoms with van der Waals surface area (Å²) >= 11 is 20.7. The minimum atomic E-state index is -1.01. The molecule has 0 bridgehead atoms. The summed E-state index contributed by atoms with van der Waals surface area (Å²) in [7, 11) is 0. The smallest absolute Gasteiger partial charge is 0.107 e. The van der Waals surface area contributed by atoms with Gasteiger partial charge in [-0.2, -0.15) is 0 Å². The molecule has 1 unspecified atom stereocenters. The van der Waals surface area contributed by atoms with Crippen LogP contribution in [0.1, 0.15) is 39.0 Å². The Balaban J connectivity index is 3.61. The van der Waals surface area contributed by atoms with Crippen LogP contribution in [0.25, 0.3) is 0 Å². The average molecular weight is 323 g/mol. The minimum absolute atomic E-state index is 0.453. The normalized spacial score (nSPS) is 14.9. The average Bonchev–Trinajstić information content (AvgIpc) is 2.10. The predicted molar refractivity (Wildman–Crippen MR) is 70.9 cm³/mol. The van der Waals surface area contributed by atoms with E-state index in [9.17, 15) is 0 Å². The van der Waals surface area contributed by atoms with Crippen molar-refractivity contribution in [2.45, 2.75) is 47.6 Å². The molecule has 0 radical (unpaired) electrons. The van der Waals surface area contributed by atoms with Crippen molar-refractivity contribution in [1.82, 2.24) is 0 Å². The Bertz CT molecular complexity index is 167. The summed E-state index contributed by atoms with van der Waals surface area (Å²) in [5.41, 5.74) is 0. The van der Waals surface area contributed by atoms with Gasteiger partial charge in [-0.3, -0.25) is 0 Å². The molecule has 0 nitrogen and oxygen atoms in total. The molecule has 4 heteroatoms. The molecule has 14 heavy (non-hydrogen) atoms. The highest BCUT2D eigenvalue weighted by Gasteiger charge is 2.27. The highest BCUT2D eigenvalue weighted by Crippen LogP contribution is 2.34. The van der Waals surface area contributed by atoms with E-state index in [4.69, 9.17) is 34.8 Å². The van der Waals surface area contributed by atoms with E-state index in [-0.39, 0.29) is 0 Å². The molecule has 0 aromatic heterocycles. The van der Waals surface area contributed by atoms with Crippen LogP contribution >= 0.6 is 50.7 Å². The Labute approximate surface area is 110 Å². The van der Waals surface area contributed by atoms with Crippen molar-refractivity contribution in [2.24, 2.45) is 0 Å².